The molecule has 12 aromatic rings. The number of nitrogens with zero attached hydrogens (tertiary/aromatic N) is 7. The maximum atomic E-state index is 9.86. The normalized spacial score (nSPS) is 15.8. The molecular formula is C87H86N12O8. The third-order valence-corrected chi connectivity index (χ3v) is 20.7. The zero-order valence-corrected chi connectivity index (χ0v) is 60.5. The largest absolute Gasteiger partial charge is 0.497 e. The van der Waals surface area contributed by atoms with E-state index in [-0.39, 0.29) is 18.3 Å². The molecule has 17 rings (SSSR count). The molecule has 5 aromatic heterocycles. The Balaban J connectivity index is 0.000000129. The number of H-pyrrole nitrogens is 3. The highest BCUT2D eigenvalue weighted by atomic mass is 16.5. The minimum atomic E-state index is 0.0974. The number of fused-ring (bicyclic) bond motifs is 3. The summed E-state index contributed by atoms with van der Waals surface area (Å²) in [5.74, 6) is 3.59. The molecule has 7 aromatic carbocycles. The SMILES string of the molecule is COc1cc(-c2cc3c(-c4ccc(OC5CCNCC5)c(C#N)c4)nccc3[nH]2)ccc1N1CCOCC1.COc1ccc(-c2cc3c(-c4ccc(OC5CCNCC5)c(C#N)c4)nccc3[nH]2)cc1.Cc1cc(N2CCOCC2)ccc1-c1cc2c(-c3ccc(OC4CCOCC4)c(C#N)c3)cccc2[nH]1. The van der Waals surface area contributed by atoms with E-state index in [0.29, 0.717) is 47.2 Å². The Kier molecular flexibility index (Phi) is 22.0. The van der Waals surface area contributed by atoms with Gasteiger partial charge >= 0.3 is 0 Å². The van der Waals surface area contributed by atoms with Crippen LogP contribution in [0.25, 0.3) is 100 Å². The third-order valence-electron chi connectivity index (χ3n) is 20.7. The van der Waals surface area contributed by atoms with E-state index in [1.54, 1.807) is 26.6 Å². The van der Waals surface area contributed by atoms with E-state index in [0.717, 1.165) is 229 Å². The van der Waals surface area contributed by atoms with E-state index in [4.69, 9.17) is 42.9 Å². The molecule has 5 N–H and O–H groups in total. The standard InChI is InChI=1S/C31H31N3O3.C30H31N5O3.C26H24N4O2/c1-21-17-24(34-11-15-36-16-12-34)6-7-26(21)30-19-28-27(3-2-4-29(28)33-30)22-5-8-31(23(18-22)20-32)37-25-9-13-35-14-10-25;1-36-29-17-20(2-4-27(29)35-12-14-37-15-13-35)26-18-24-25(34-26)8-11-33-30(24)21-3-5-28(22(16-21)19-31)38-23-6-9-32-10-7-23;1-31-20-5-2-17(3-6-20)24-15-22-23(30-24)10-13-29-26(22)18-4-7-25(19(14-18)16-27)32-21-8-11-28-12-9-21/h2-8,17-19,25,33H,9-16H2,1H3;2-5,8,11,16-18,23,32,34H,6-7,9-10,12-15H2,1H3;2-7,10,13-15,21,28,30H,8-9,11-12H2,1H3. The molecule has 20 heteroatoms. The number of morpholine rings is 2. The number of hydrogen-bond donors (Lipinski definition) is 5. The first-order chi connectivity index (χ1) is 52.7. The molecule has 0 aliphatic carbocycles. The van der Waals surface area contributed by atoms with Crippen LogP contribution in [0.15, 0.2) is 176 Å². The number of piperidine rings is 2. The molecule has 107 heavy (non-hydrogen) atoms. The number of aromatic nitrogens is 5. The van der Waals surface area contributed by atoms with Gasteiger partial charge in [0.15, 0.2) is 0 Å². The fourth-order valence-electron chi connectivity index (χ4n) is 14.9. The van der Waals surface area contributed by atoms with Crippen molar-refractivity contribution < 1.29 is 37.9 Å². The van der Waals surface area contributed by atoms with Gasteiger partial charge in [0, 0.05) is 129 Å². The van der Waals surface area contributed by atoms with Gasteiger partial charge in [0.25, 0.3) is 0 Å². The van der Waals surface area contributed by atoms with Crippen LogP contribution in [0.2, 0.25) is 0 Å². The number of benzene rings is 7. The zero-order chi connectivity index (χ0) is 73.0. The van der Waals surface area contributed by atoms with Crippen molar-refractivity contribution in [3.63, 3.8) is 0 Å². The van der Waals surface area contributed by atoms with Crippen molar-refractivity contribution in [3.05, 3.63) is 198 Å². The van der Waals surface area contributed by atoms with Crippen molar-refractivity contribution in [1.82, 2.24) is 35.6 Å². The van der Waals surface area contributed by atoms with Crippen LogP contribution in [0.4, 0.5) is 11.4 Å². The number of hydrogen-bond acceptors (Lipinski definition) is 17. The molecule has 5 aliphatic rings. The van der Waals surface area contributed by atoms with Gasteiger partial charge in [0.2, 0.25) is 0 Å². The minimum absolute atomic E-state index is 0.0974. The van der Waals surface area contributed by atoms with Gasteiger partial charge in [-0.05, 0) is 214 Å². The average Bonchev–Trinajstić information content (AvgIpc) is 1.67. The summed E-state index contributed by atoms with van der Waals surface area (Å²) in [5, 5.41) is 39.3. The quantitative estimate of drug-likeness (QED) is 0.0603. The highest BCUT2D eigenvalue weighted by Crippen LogP contribution is 2.41. The topological polar surface area (TPSA) is 249 Å². The van der Waals surface area contributed by atoms with Crippen LogP contribution in [0.3, 0.4) is 0 Å². The average molecular weight is 1430 g/mol. The maximum Gasteiger partial charge on any atom is 0.142 e. The minimum Gasteiger partial charge on any atom is -0.497 e. The lowest BCUT2D eigenvalue weighted by molar-refractivity contribution is 0.0254. The molecule has 0 amide bonds. The second-order valence-corrected chi connectivity index (χ2v) is 27.4. The number of anilines is 2. The molecule has 5 aliphatic heterocycles. The number of methoxy groups -OCH3 is 2. The van der Waals surface area contributed by atoms with Crippen molar-refractivity contribution in [2.24, 2.45) is 0 Å². The van der Waals surface area contributed by atoms with Gasteiger partial charge < -0.3 is 73.3 Å². The number of nitrogens with one attached hydrogen (secondary N) is 5. The van der Waals surface area contributed by atoms with Crippen LogP contribution in [0.5, 0.6) is 28.7 Å². The van der Waals surface area contributed by atoms with Crippen molar-refractivity contribution in [1.29, 1.82) is 15.8 Å². The summed E-state index contributed by atoms with van der Waals surface area (Å²) in [7, 11) is 3.37. The first-order valence-corrected chi connectivity index (χ1v) is 37.0. The van der Waals surface area contributed by atoms with Gasteiger partial charge in [-0.2, -0.15) is 15.8 Å². The Hall–Kier alpha value is -11.7. The summed E-state index contributed by atoms with van der Waals surface area (Å²) in [6, 6.07) is 62.0. The molecule has 0 radical (unpaired) electrons. The van der Waals surface area contributed by atoms with Crippen molar-refractivity contribution in [3.8, 4) is 114 Å². The van der Waals surface area contributed by atoms with E-state index >= 15 is 0 Å². The summed E-state index contributed by atoms with van der Waals surface area (Å²) in [6.45, 7) is 13.9. The zero-order valence-electron chi connectivity index (χ0n) is 60.5. The molecule has 5 saturated heterocycles. The number of aromatic amines is 3. The third kappa shape index (κ3) is 16.1. The molecule has 0 saturated carbocycles. The first kappa shape index (κ1) is 71.0. The van der Waals surface area contributed by atoms with Crippen LogP contribution < -0.4 is 44.1 Å². The van der Waals surface area contributed by atoms with Gasteiger partial charge in [-0.25, -0.2) is 0 Å². The van der Waals surface area contributed by atoms with Crippen molar-refractivity contribution >= 4 is 44.1 Å². The maximum absolute atomic E-state index is 9.86. The molecule has 10 heterocycles. The van der Waals surface area contributed by atoms with Crippen LogP contribution >= 0.6 is 0 Å². The van der Waals surface area contributed by atoms with E-state index in [9.17, 15) is 15.8 Å². The number of nitriles is 3. The second-order valence-electron chi connectivity index (χ2n) is 27.4. The Morgan fingerprint density at radius 2 is 0.888 bits per heavy atom. The molecule has 0 bridgehead atoms. The summed E-state index contributed by atoms with van der Waals surface area (Å²) < 4.78 is 45.9. The molecule has 0 atom stereocenters. The lowest BCUT2D eigenvalue weighted by Gasteiger charge is -2.30. The van der Waals surface area contributed by atoms with E-state index in [1.165, 1.54) is 16.8 Å². The van der Waals surface area contributed by atoms with Gasteiger partial charge in [-0.1, -0.05) is 30.3 Å². The monoisotopic (exact) mass is 1430 g/mol. The number of aryl methyl sites for hydroxylation is 1. The lowest BCUT2D eigenvalue weighted by atomic mass is 9.98. The summed E-state index contributed by atoms with van der Waals surface area (Å²) in [6.07, 6.45) is 9.45. The Bertz CT molecular complexity index is 5250. The summed E-state index contributed by atoms with van der Waals surface area (Å²) >= 11 is 0. The molecular weight excluding hydrogens is 1340 g/mol. The predicted octanol–water partition coefficient (Wildman–Crippen LogP) is 15.7. The summed E-state index contributed by atoms with van der Waals surface area (Å²) in [5.41, 5.74) is 20.1. The molecule has 5 fully saturated rings. The van der Waals surface area contributed by atoms with Crippen molar-refractivity contribution in [2.45, 2.75) is 63.8 Å². The fourth-order valence-corrected chi connectivity index (χ4v) is 14.9. The van der Waals surface area contributed by atoms with Crippen LogP contribution in [-0.4, -0.2) is 149 Å². The molecule has 0 spiro atoms. The Morgan fingerprint density at radius 3 is 1.43 bits per heavy atom. The number of pyridine rings is 2. The number of rotatable bonds is 16. The van der Waals surface area contributed by atoms with Crippen LogP contribution in [-0.2, 0) is 14.2 Å². The Morgan fingerprint density at radius 1 is 0.411 bits per heavy atom. The fraction of sp³-hybridized carbons (Fsp3) is 0.299. The molecule has 542 valence electrons. The van der Waals surface area contributed by atoms with Crippen molar-refractivity contribution in [2.75, 3.05) is 116 Å². The smallest absolute Gasteiger partial charge is 0.142 e. The van der Waals surface area contributed by atoms with E-state index < -0.39 is 0 Å². The van der Waals surface area contributed by atoms with Gasteiger partial charge in [-0.15, -0.1) is 0 Å². The van der Waals surface area contributed by atoms with Gasteiger partial charge in [0.05, 0.1) is 87.6 Å². The number of ether oxygens (including phenoxy) is 8. The van der Waals surface area contributed by atoms with Crippen LogP contribution in [0.1, 0.15) is 60.8 Å². The van der Waals surface area contributed by atoms with Crippen LogP contribution in [0, 0.1) is 40.9 Å². The predicted molar refractivity (Wildman–Crippen MR) is 419 cm³/mol. The highest BCUT2D eigenvalue weighted by molar-refractivity contribution is 6.00. The van der Waals surface area contributed by atoms with Gasteiger partial charge in [0.1, 0.15) is 65.3 Å². The molecule has 20 nitrogen and oxygen atoms in total. The highest BCUT2D eigenvalue weighted by Gasteiger charge is 2.24. The van der Waals surface area contributed by atoms with E-state index in [1.807, 2.05) is 84.9 Å². The Labute approximate surface area is 622 Å². The molecule has 0 unspecified atom stereocenters. The second kappa shape index (κ2) is 33.2. The van der Waals surface area contributed by atoms with Gasteiger partial charge in [-0.3, -0.25) is 9.97 Å². The first-order valence-electron chi connectivity index (χ1n) is 37.0. The summed E-state index contributed by atoms with van der Waals surface area (Å²) in [4.78, 5) is 24.6. The lowest BCUT2D eigenvalue weighted by Crippen LogP contribution is -2.36. The van der Waals surface area contributed by atoms with E-state index in [2.05, 4.69) is 144 Å².